The minimum Gasteiger partial charge on any atom is -0.383 e. The highest BCUT2D eigenvalue weighted by molar-refractivity contribution is 5.84. The predicted molar refractivity (Wildman–Crippen MR) is 80.0 cm³/mol. The van der Waals surface area contributed by atoms with Crippen LogP contribution in [-0.2, 0) is 0 Å². The molecule has 0 aliphatic carbocycles. The highest BCUT2D eigenvalue weighted by Crippen LogP contribution is 2.32. The number of hydrogen-bond acceptors (Lipinski definition) is 5. The van der Waals surface area contributed by atoms with E-state index in [9.17, 15) is 0 Å². The van der Waals surface area contributed by atoms with E-state index in [0.29, 0.717) is 5.82 Å². The van der Waals surface area contributed by atoms with Crippen molar-refractivity contribution in [3.05, 3.63) is 30.0 Å². The number of fused-ring (bicyclic) bond motifs is 1. The number of anilines is 2. The molecule has 0 aliphatic rings. The lowest BCUT2D eigenvalue weighted by Crippen LogP contribution is -2.08. The van der Waals surface area contributed by atoms with E-state index in [1.54, 1.807) is 6.20 Å². The highest BCUT2D eigenvalue weighted by Gasteiger charge is 2.16. The first-order chi connectivity index (χ1) is 9.56. The zero-order valence-electron chi connectivity index (χ0n) is 11.4. The second-order valence-electron chi connectivity index (χ2n) is 5.06. The van der Waals surface area contributed by atoms with E-state index < -0.39 is 0 Å². The lowest BCUT2D eigenvalue weighted by atomic mass is 9.97. The standard InChI is InChI=1S/C14H16N6/c1-7(2)11-12(18-14(16)19-13(11)15)8-3-4-9-6-17-20-10(9)5-8/h3-7H,1-2H3,(H,17,20)(H4,15,16,18,19). The Hall–Kier alpha value is -2.63. The summed E-state index contributed by atoms with van der Waals surface area (Å²) in [6.45, 7) is 4.12. The van der Waals surface area contributed by atoms with Gasteiger partial charge >= 0.3 is 0 Å². The van der Waals surface area contributed by atoms with Crippen LogP contribution in [0.25, 0.3) is 22.2 Å². The molecule has 20 heavy (non-hydrogen) atoms. The minimum absolute atomic E-state index is 0.187. The Balaban J connectivity index is 2.26. The van der Waals surface area contributed by atoms with Gasteiger partial charge in [-0.15, -0.1) is 0 Å². The van der Waals surface area contributed by atoms with Crippen LogP contribution in [0, 0.1) is 0 Å². The number of hydrogen-bond donors (Lipinski definition) is 3. The maximum atomic E-state index is 6.00. The number of nitrogens with zero attached hydrogens (tertiary/aromatic N) is 3. The molecule has 6 heteroatoms. The molecule has 0 atom stereocenters. The molecule has 102 valence electrons. The molecule has 0 unspecified atom stereocenters. The molecule has 0 aliphatic heterocycles. The third-order valence-electron chi connectivity index (χ3n) is 3.29. The van der Waals surface area contributed by atoms with Crippen LogP contribution in [-0.4, -0.2) is 20.2 Å². The zero-order valence-corrected chi connectivity index (χ0v) is 11.4. The van der Waals surface area contributed by atoms with Gasteiger partial charge in [-0.05, 0) is 12.0 Å². The summed E-state index contributed by atoms with van der Waals surface area (Å²) in [4.78, 5) is 8.43. The summed E-state index contributed by atoms with van der Waals surface area (Å²) in [6.07, 6.45) is 1.78. The number of aromatic amines is 1. The topological polar surface area (TPSA) is 106 Å². The first-order valence-electron chi connectivity index (χ1n) is 6.42. The Bertz CT molecular complexity index is 774. The molecule has 2 aromatic heterocycles. The quantitative estimate of drug-likeness (QED) is 0.661. The molecule has 0 saturated heterocycles. The van der Waals surface area contributed by atoms with E-state index in [1.165, 1.54) is 0 Å². The molecule has 3 aromatic rings. The lowest BCUT2D eigenvalue weighted by molar-refractivity contribution is 0.856. The number of rotatable bonds is 2. The second kappa shape index (κ2) is 4.48. The highest BCUT2D eigenvalue weighted by atomic mass is 15.1. The van der Waals surface area contributed by atoms with Crippen LogP contribution in [0.1, 0.15) is 25.3 Å². The molecule has 1 aromatic carbocycles. The third kappa shape index (κ3) is 1.95. The van der Waals surface area contributed by atoms with Gasteiger partial charge in [0, 0.05) is 16.5 Å². The first kappa shape index (κ1) is 12.4. The van der Waals surface area contributed by atoms with E-state index in [4.69, 9.17) is 11.5 Å². The predicted octanol–water partition coefficient (Wildman–Crippen LogP) is 2.31. The van der Waals surface area contributed by atoms with Gasteiger partial charge in [0.15, 0.2) is 0 Å². The molecule has 3 rings (SSSR count). The molecule has 2 heterocycles. The monoisotopic (exact) mass is 268 g/mol. The average molecular weight is 268 g/mol. The maximum absolute atomic E-state index is 6.00. The molecule has 0 radical (unpaired) electrons. The van der Waals surface area contributed by atoms with Crippen LogP contribution in [0.15, 0.2) is 24.4 Å². The Labute approximate surface area is 116 Å². The number of nitrogens with two attached hydrogens (primary N) is 2. The average Bonchev–Trinajstić information content (AvgIpc) is 2.84. The largest absolute Gasteiger partial charge is 0.383 e. The van der Waals surface area contributed by atoms with Crippen molar-refractivity contribution in [2.75, 3.05) is 11.5 Å². The lowest BCUT2D eigenvalue weighted by Gasteiger charge is -2.14. The summed E-state index contributed by atoms with van der Waals surface area (Å²) in [7, 11) is 0. The molecule has 0 spiro atoms. The SMILES string of the molecule is CC(C)c1c(N)nc(N)nc1-c1ccc2cn[nH]c2c1. The number of H-pyrrole nitrogens is 1. The van der Waals surface area contributed by atoms with Crippen molar-refractivity contribution in [3.63, 3.8) is 0 Å². The fraction of sp³-hybridized carbons (Fsp3) is 0.214. The van der Waals surface area contributed by atoms with Crippen LogP contribution < -0.4 is 11.5 Å². The van der Waals surface area contributed by atoms with Crippen LogP contribution in [0.3, 0.4) is 0 Å². The summed E-state index contributed by atoms with van der Waals surface area (Å²) in [5.41, 5.74) is 15.3. The molecule has 0 bridgehead atoms. The van der Waals surface area contributed by atoms with Crippen molar-refractivity contribution in [3.8, 4) is 11.3 Å². The zero-order chi connectivity index (χ0) is 14.3. The fourth-order valence-electron chi connectivity index (χ4n) is 2.38. The summed E-state index contributed by atoms with van der Waals surface area (Å²) in [5, 5.41) is 8.02. The molecule has 6 nitrogen and oxygen atoms in total. The van der Waals surface area contributed by atoms with Crippen molar-refractivity contribution in [2.24, 2.45) is 0 Å². The van der Waals surface area contributed by atoms with Crippen LogP contribution >= 0.6 is 0 Å². The molecule has 0 saturated carbocycles. The molecular weight excluding hydrogens is 252 g/mol. The van der Waals surface area contributed by atoms with E-state index in [1.807, 2.05) is 18.2 Å². The van der Waals surface area contributed by atoms with Gasteiger partial charge in [0.2, 0.25) is 5.95 Å². The normalized spacial score (nSPS) is 11.3. The van der Waals surface area contributed by atoms with E-state index in [-0.39, 0.29) is 11.9 Å². The molecular formula is C14H16N6. The summed E-state index contributed by atoms with van der Waals surface area (Å²) in [5.74, 6) is 0.835. The van der Waals surface area contributed by atoms with Crippen molar-refractivity contribution in [1.82, 2.24) is 20.2 Å². The van der Waals surface area contributed by atoms with Crippen LogP contribution in [0.4, 0.5) is 11.8 Å². The molecule has 5 N–H and O–H groups in total. The molecule has 0 fully saturated rings. The van der Waals surface area contributed by atoms with E-state index in [0.717, 1.165) is 27.7 Å². The smallest absolute Gasteiger partial charge is 0.222 e. The van der Waals surface area contributed by atoms with E-state index in [2.05, 4.69) is 34.0 Å². The van der Waals surface area contributed by atoms with Crippen molar-refractivity contribution in [1.29, 1.82) is 0 Å². The van der Waals surface area contributed by atoms with Gasteiger partial charge in [-0.3, -0.25) is 5.10 Å². The Kier molecular flexibility index (Phi) is 2.78. The van der Waals surface area contributed by atoms with Gasteiger partial charge in [-0.25, -0.2) is 4.98 Å². The van der Waals surface area contributed by atoms with Crippen molar-refractivity contribution >= 4 is 22.7 Å². The fourth-order valence-corrected chi connectivity index (χ4v) is 2.38. The number of nitrogen functional groups attached to an aromatic ring is 2. The number of benzene rings is 1. The second-order valence-corrected chi connectivity index (χ2v) is 5.06. The Morgan fingerprint density at radius 1 is 1.15 bits per heavy atom. The molecule has 0 amide bonds. The van der Waals surface area contributed by atoms with E-state index >= 15 is 0 Å². The van der Waals surface area contributed by atoms with Gasteiger partial charge in [0.05, 0.1) is 17.4 Å². The van der Waals surface area contributed by atoms with Crippen molar-refractivity contribution in [2.45, 2.75) is 19.8 Å². The van der Waals surface area contributed by atoms with Gasteiger partial charge < -0.3 is 11.5 Å². The van der Waals surface area contributed by atoms with Gasteiger partial charge in [-0.2, -0.15) is 10.1 Å². The van der Waals surface area contributed by atoms with Crippen LogP contribution in [0.2, 0.25) is 0 Å². The number of aromatic nitrogens is 4. The maximum Gasteiger partial charge on any atom is 0.222 e. The van der Waals surface area contributed by atoms with Crippen LogP contribution in [0.5, 0.6) is 0 Å². The number of nitrogens with one attached hydrogen (secondary N) is 1. The Morgan fingerprint density at radius 3 is 2.70 bits per heavy atom. The Morgan fingerprint density at radius 2 is 1.95 bits per heavy atom. The van der Waals surface area contributed by atoms with Gasteiger partial charge in [-0.1, -0.05) is 26.0 Å². The third-order valence-corrected chi connectivity index (χ3v) is 3.29. The first-order valence-corrected chi connectivity index (χ1v) is 6.42. The van der Waals surface area contributed by atoms with Gasteiger partial charge in [0.25, 0.3) is 0 Å². The summed E-state index contributed by atoms with van der Waals surface area (Å²) >= 11 is 0. The van der Waals surface area contributed by atoms with Crippen molar-refractivity contribution < 1.29 is 0 Å². The van der Waals surface area contributed by atoms with Gasteiger partial charge in [0.1, 0.15) is 5.82 Å². The summed E-state index contributed by atoms with van der Waals surface area (Å²) in [6, 6.07) is 5.98. The minimum atomic E-state index is 0.187. The summed E-state index contributed by atoms with van der Waals surface area (Å²) < 4.78 is 0.